The standard InChI is InChI=1S/C29H37N3O5/c1-20(2)30-17-11-15-29-23(26(35)32(24(29)27(30)36)16-8-5-9-19-33)22-25(34)31(21-12-6-4-7-13-21)18-10-14-28(22,3)37-29/h4,6-7,10-15,20,22-24,33H,5,8-9,16-19H2,1-3H3/t22-,23-,24?,28+,29-/m0/s1. The van der Waals surface area contributed by atoms with E-state index in [0.717, 1.165) is 12.1 Å². The number of ether oxygens (including phenoxy) is 1. The SMILES string of the molecule is CC(C)N1CC=C[C@]23O[C@]4(C)C=CCN(c5ccccc5)C(=O)[C@@H]4[C@H]2C(=O)N(CCCCCO)C3C1=O. The number of unbranched alkanes of at least 4 members (excludes halogenated alkanes) is 2. The predicted octanol–water partition coefficient (Wildman–Crippen LogP) is 2.53. The second-order valence-corrected chi connectivity index (χ2v) is 11.0. The van der Waals surface area contributed by atoms with E-state index in [-0.39, 0.29) is 30.4 Å². The molecule has 5 atom stereocenters. The average Bonchev–Trinajstić information content (AvgIpc) is 3.13. The Kier molecular flexibility index (Phi) is 6.75. The van der Waals surface area contributed by atoms with Crippen molar-refractivity contribution in [2.75, 3.05) is 31.1 Å². The lowest BCUT2D eigenvalue weighted by Gasteiger charge is -2.38. The fourth-order valence-electron chi connectivity index (χ4n) is 6.65. The monoisotopic (exact) mass is 507 g/mol. The molecule has 2 fully saturated rings. The van der Waals surface area contributed by atoms with Crippen molar-refractivity contribution >= 4 is 23.4 Å². The second-order valence-electron chi connectivity index (χ2n) is 11.0. The molecular weight excluding hydrogens is 470 g/mol. The number of nitrogens with zero attached hydrogens (tertiary/aromatic N) is 3. The van der Waals surface area contributed by atoms with Crippen molar-refractivity contribution in [3.63, 3.8) is 0 Å². The van der Waals surface area contributed by atoms with Gasteiger partial charge in [0.2, 0.25) is 17.7 Å². The first-order chi connectivity index (χ1) is 17.7. The molecule has 198 valence electrons. The zero-order valence-electron chi connectivity index (χ0n) is 21.9. The first-order valence-corrected chi connectivity index (χ1v) is 13.4. The van der Waals surface area contributed by atoms with Crippen molar-refractivity contribution in [1.29, 1.82) is 0 Å². The molecule has 37 heavy (non-hydrogen) atoms. The van der Waals surface area contributed by atoms with Gasteiger partial charge in [0.25, 0.3) is 0 Å². The van der Waals surface area contributed by atoms with Crippen LogP contribution in [0.5, 0.6) is 0 Å². The highest BCUT2D eigenvalue weighted by atomic mass is 16.5. The summed E-state index contributed by atoms with van der Waals surface area (Å²) in [6.45, 7) is 7.09. The molecule has 0 aliphatic carbocycles. The molecule has 1 spiro atoms. The lowest BCUT2D eigenvalue weighted by atomic mass is 9.74. The molecule has 4 aliphatic heterocycles. The lowest BCUT2D eigenvalue weighted by Crippen LogP contribution is -2.57. The molecule has 4 heterocycles. The summed E-state index contributed by atoms with van der Waals surface area (Å²) >= 11 is 0. The molecule has 1 aromatic rings. The first kappa shape index (κ1) is 25.7. The van der Waals surface area contributed by atoms with Gasteiger partial charge >= 0.3 is 0 Å². The highest BCUT2D eigenvalue weighted by Gasteiger charge is 2.74. The number of aliphatic hydroxyl groups is 1. The summed E-state index contributed by atoms with van der Waals surface area (Å²) in [5.41, 5.74) is -1.49. The Labute approximate surface area is 218 Å². The van der Waals surface area contributed by atoms with Crippen LogP contribution in [-0.2, 0) is 19.1 Å². The zero-order chi connectivity index (χ0) is 26.4. The van der Waals surface area contributed by atoms with E-state index in [4.69, 9.17) is 4.74 Å². The summed E-state index contributed by atoms with van der Waals surface area (Å²) in [5.74, 6) is -2.10. The second kappa shape index (κ2) is 9.72. The van der Waals surface area contributed by atoms with E-state index in [1.165, 1.54) is 0 Å². The molecule has 0 saturated carbocycles. The molecule has 2 saturated heterocycles. The number of hydrogen-bond donors (Lipinski definition) is 1. The van der Waals surface area contributed by atoms with Gasteiger partial charge in [-0.25, -0.2) is 0 Å². The maximum atomic E-state index is 14.2. The number of carbonyl (C=O) groups excluding carboxylic acids is 3. The Morgan fingerprint density at radius 2 is 1.68 bits per heavy atom. The molecular formula is C29H37N3O5. The average molecular weight is 508 g/mol. The van der Waals surface area contributed by atoms with Gasteiger partial charge in [-0.05, 0) is 52.2 Å². The van der Waals surface area contributed by atoms with Crippen molar-refractivity contribution in [2.45, 2.75) is 63.3 Å². The van der Waals surface area contributed by atoms with Crippen LogP contribution >= 0.6 is 0 Å². The number of hydrogen-bond acceptors (Lipinski definition) is 5. The van der Waals surface area contributed by atoms with Gasteiger partial charge in [-0.15, -0.1) is 0 Å². The number of amides is 3. The molecule has 0 bridgehead atoms. The molecule has 0 aromatic heterocycles. The maximum absolute atomic E-state index is 14.2. The van der Waals surface area contributed by atoms with Crippen LogP contribution in [0.15, 0.2) is 54.6 Å². The summed E-state index contributed by atoms with van der Waals surface area (Å²) in [6.07, 6.45) is 9.69. The Morgan fingerprint density at radius 3 is 2.38 bits per heavy atom. The van der Waals surface area contributed by atoms with Gasteiger partial charge in [0.05, 0.1) is 17.4 Å². The molecule has 8 heteroatoms. The summed E-state index contributed by atoms with van der Waals surface area (Å²) in [5, 5.41) is 9.22. The summed E-state index contributed by atoms with van der Waals surface area (Å²) in [4.78, 5) is 47.7. The van der Waals surface area contributed by atoms with Gasteiger partial charge in [0.15, 0.2) is 0 Å². The summed E-state index contributed by atoms with van der Waals surface area (Å²) < 4.78 is 6.84. The smallest absolute Gasteiger partial charge is 0.249 e. The van der Waals surface area contributed by atoms with E-state index in [0.29, 0.717) is 32.5 Å². The minimum absolute atomic E-state index is 0.0461. The van der Waals surface area contributed by atoms with E-state index in [9.17, 15) is 19.5 Å². The molecule has 1 aromatic carbocycles. The Bertz CT molecular complexity index is 1120. The van der Waals surface area contributed by atoms with Crippen molar-refractivity contribution in [2.24, 2.45) is 11.8 Å². The third kappa shape index (κ3) is 4.01. The normalized spacial score (nSPS) is 33.1. The third-order valence-electron chi connectivity index (χ3n) is 8.34. The quantitative estimate of drug-likeness (QED) is 0.453. The van der Waals surface area contributed by atoms with E-state index in [2.05, 4.69) is 0 Å². The van der Waals surface area contributed by atoms with E-state index < -0.39 is 29.1 Å². The van der Waals surface area contributed by atoms with Crippen LogP contribution in [0.1, 0.15) is 40.0 Å². The van der Waals surface area contributed by atoms with Gasteiger partial charge < -0.3 is 24.5 Å². The van der Waals surface area contributed by atoms with Crippen molar-refractivity contribution in [1.82, 2.24) is 9.80 Å². The fourth-order valence-corrected chi connectivity index (χ4v) is 6.65. The Hall–Kier alpha value is -2.97. The highest BCUT2D eigenvalue weighted by Crippen LogP contribution is 2.57. The first-order valence-electron chi connectivity index (χ1n) is 13.4. The topological polar surface area (TPSA) is 90.4 Å². The highest BCUT2D eigenvalue weighted by molar-refractivity contribution is 6.04. The van der Waals surface area contributed by atoms with E-state index in [1.54, 1.807) is 14.7 Å². The Morgan fingerprint density at radius 1 is 0.946 bits per heavy atom. The van der Waals surface area contributed by atoms with Gasteiger partial charge in [-0.2, -0.15) is 0 Å². The van der Waals surface area contributed by atoms with Crippen LogP contribution in [-0.4, -0.2) is 82.2 Å². The van der Waals surface area contributed by atoms with Gasteiger partial charge in [0.1, 0.15) is 11.6 Å². The molecule has 8 nitrogen and oxygen atoms in total. The minimum atomic E-state index is -1.23. The number of fused-ring (bicyclic) bond motifs is 2. The lowest BCUT2D eigenvalue weighted by molar-refractivity contribution is -0.152. The largest absolute Gasteiger partial charge is 0.396 e. The van der Waals surface area contributed by atoms with Gasteiger partial charge in [-0.3, -0.25) is 14.4 Å². The maximum Gasteiger partial charge on any atom is 0.249 e. The van der Waals surface area contributed by atoms with Crippen LogP contribution < -0.4 is 4.90 Å². The number of likely N-dealkylation sites (tertiary alicyclic amines) is 1. The predicted molar refractivity (Wildman–Crippen MR) is 140 cm³/mol. The van der Waals surface area contributed by atoms with Crippen molar-refractivity contribution in [3.8, 4) is 0 Å². The van der Waals surface area contributed by atoms with Crippen LogP contribution in [0, 0.1) is 11.8 Å². The Balaban J connectivity index is 1.59. The van der Waals surface area contributed by atoms with Crippen molar-refractivity contribution < 1.29 is 24.2 Å². The molecule has 3 amide bonds. The van der Waals surface area contributed by atoms with Crippen LogP contribution in [0.25, 0.3) is 0 Å². The third-order valence-corrected chi connectivity index (χ3v) is 8.34. The number of benzene rings is 1. The molecule has 1 N–H and O–H groups in total. The molecule has 4 aliphatic rings. The number of rotatable bonds is 7. The van der Waals surface area contributed by atoms with E-state index in [1.807, 2.05) is 75.4 Å². The molecule has 1 unspecified atom stereocenters. The van der Waals surface area contributed by atoms with Crippen LogP contribution in [0.4, 0.5) is 5.69 Å². The zero-order valence-corrected chi connectivity index (χ0v) is 21.9. The van der Waals surface area contributed by atoms with E-state index >= 15 is 0 Å². The number of carbonyl (C=O) groups is 3. The van der Waals surface area contributed by atoms with Gasteiger partial charge in [0, 0.05) is 38.0 Å². The van der Waals surface area contributed by atoms with Crippen LogP contribution in [0.2, 0.25) is 0 Å². The number of aliphatic hydroxyl groups excluding tert-OH is 1. The molecule has 0 radical (unpaired) electrons. The van der Waals surface area contributed by atoms with Gasteiger partial charge in [-0.1, -0.05) is 42.5 Å². The number of para-hydroxylation sites is 1. The fraction of sp³-hybridized carbons (Fsp3) is 0.552. The number of anilines is 1. The summed E-state index contributed by atoms with van der Waals surface area (Å²) in [7, 11) is 0. The minimum Gasteiger partial charge on any atom is -0.396 e. The van der Waals surface area contributed by atoms with Crippen LogP contribution in [0.3, 0.4) is 0 Å². The van der Waals surface area contributed by atoms with Crippen molar-refractivity contribution in [3.05, 3.63) is 54.6 Å². The molecule has 5 rings (SSSR count). The summed E-state index contributed by atoms with van der Waals surface area (Å²) in [6, 6.07) is 8.58.